The van der Waals surface area contributed by atoms with Crippen LogP contribution in [0.15, 0.2) is 23.0 Å². The molecule has 1 aliphatic heterocycles. The number of aliphatic hydroxyl groups is 2. The number of ether oxygens (including phenoxy) is 1. The van der Waals surface area contributed by atoms with E-state index >= 15 is 0 Å². The van der Waals surface area contributed by atoms with Gasteiger partial charge in [0, 0.05) is 16.6 Å². The van der Waals surface area contributed by atoms with Crippen LogP contribution in [0.5, 0.6) is 0 Å². The van der Waals surface area contributed by atoms with E-state index in [0.717, 1.165) is 12.8 Å². The number of carbonyl (C=O) groups is 1. The first-order valence-electron chi connectivity index (χ1n) is 6.88. The van der Waals surface area contributed by atoms with E-state index in [0.29, 0.717) is 23.3 Å². The zero-order chi connectivity index (χ0) is 14.0. The predicted molar refractivity (Wildman–Crippen MR) is 69.0 cm³/mol. The molecule has 4 unspecified atom stereocenters. The first kappa shape index (κ1) is 12.9. The van der Waals surface area contributed by atoms with Crippen LogP contribution >= 0.6 is 0 Å². The molecule has 3 rings (SSSR count). The highest BCUT2D eigenvalue weighted by molar-refractivity contribution is 5.94. The van der Waals surface area contributed by atoms with Gasteiger partial charge >= 0.3 is 5.97 Å². The summed E-state index contributed by atoms with van der Waals surface area (Å²) in [5, 5.41) is 21.7. The molecule has 1 saturated carbocycles. The maximum atomic E-state index is 11.7. The fraction of sp³-hybridized carbons (Fsp3) is 0.667. The zero-order valence-corrected chi connectivity index (χ0v) is 11.6. The lowest BCUT2D eigenvalue weighted by molar-refractivity contribution is -0.154. The van der Waals surface area contributed by atoms with Gasteiger partial charge in [-0.1, -0.05) is 13.8 Å². The van der Waals surface area contributed by atoms with Crippen LogP contribution in [0.25, 0.3) is 0 Å². The fourth-order valence-corrected chi connectivity index (χ4v) is 3.90. The van der Waals surface area contributed by atoms with Crippen LogP contribution in [0.2, 0.25) is 0 Å². The molecule has 1 heterocycles. The van der Waals surface area contributed by atoms with Crippen molar-refractivity contribution in [2.24, 2.45) is 11.3 Å². The Balaban J connectivity index is 2.22. The van der Waals surface area contributed by atoms with Crippen molar-refractivity contribution < 1.29 is 19.7 Å². The smallest absolute Gasteiger partial charge is 0.339 e. The molecule has 19 heavy (non-hydrogen) atoms. The highest BCUT2D eigenvalue weighted by Crippen LogP contribution is 2.57. The molecule has 1 fully saturated rings. The molecule has 0 spiro atoms. The summed E-state index contributed by atoms with van der Waals surface area (Å²) in [4.78, 5) is 11.7. The number of hydrogen-bond acceptors (Lipinski definition) is 4. The topological polar surface area (TPSA) is 66.8 Å². The Morgan fingerprint density at radius 3 is 2.84 bits per heavy atom. The van der Waals surface area contributed by atoms with Gasteiger partial charge in [0.2, 0.25) is 0 Å². The Morgan fingerprint density at radius 1 is 1.47 bits per heavy atom. The van der Waals surface area contributed by atoms with E-state index in [9.17, 15) is 15.0 Å². The quantitative estimate of drug-likeness (QED) is 0.653. The van der Waals surface area contributed by atoms with E-state index in [1.807, 2.05) is 6.92 Å². The molecule has 0 aromatic heterocycles. The Labute approximate surface area is 112 Å². The predicted octanol–water partition coefficient (Wildman–Crippen LogP) is 1.68. The zero-order valence-electron chi connectivity index (χ0n) is 11.6. The van der Waals surface area contributed by atoms with Gasteiger partial charge in [0.05, 0.1) is 11.7 Å². The normalized spacial score (nSPS) is 45.5. The van der Waals surface area contributed by atoms with Gasteiger partial charge in [-0.15, -0.1) is 0 Å². The SMILES string of the molecule is CC1=C2C(=CC3(O)CCCC(C)C3(C)C2O)OC1=O. The van der Waals surface area contributed by atoms with Crippen LogP contribution in [0.1, 0.15) is 40.0 Å². The second-order valence-corrected chi connectivity index (χ2v) is 6.34. The summed E-state index contributed by atoms with van der Waals surface area (Å²) in [6, 6.07) is 0. The van der Waals surface area contributed by atoms with Crippen LogP contribution in [0.3, 0.4) is 0 Å². The van der Waals surface area contributed by atoms with E-state index in [-0.39, 0.29) is 5.92 Å². The van der Waals surface area contributed by atoms with E-state index in [1.54, 1.807) is 13.0 Å². The van der Waals surface area contributed by atoms with Crippen molar-refractivity contribution in [2.75, 3.05) is 0 Å². The van der Waals surface area contributed by atoms with E-state index < -0.39 is 23.1 Å². The molecule has 0 radical (unpaired) electrons. The molecule has 0 amide bonds. The third-order valence-corrected chi connectivity index (χ3v) is 5.54. The minimum atomic E-state index is -1.10. The molecule has 0 bridgehead atoms. The van der Waals surface area contributed by atoms with Gasteiger partial charge in [-0.05, 0) is 38.2 Å². The maximum Gasteiger partial charge on any atom is 0.339 e. The number of aliphatic hydroxyl groups excluding tert-OH is 1. The number of rotatable bonds is 0. The summed E-state index contributed by atoms with van der Waals surface area (Å²) in [6.07, 6.45) is 3.27. The molecule has 0 aromatic rings. The molecule has 0 saturated heterocycles. The summed E-state index contributed by atoms with van der Waals surface area (Å²) in [5.41, 5.74) is -0.752. The number of esters is 1. The largest absolute Gasteiger partial charge is 0.423 e. The Hall–Kier alpha value is -1.13. The average molecular weight is 264 g/mol. The highest BCUT2D eigenvalue weighted by atomic mass is 16.5. The standard InChI is InChI=1S/C15H20O4/c1-8-5-4-6-15(18)7-10-11(9(2)13(17)19-10)12(16)14(8,15)3/h7-8,12,16,18H,4-6H2,1-3H3. The summed E-state index contributed by atoms with van der Waals surface area (Å²) in [7, 11) is 0. The first-order valence-corrected chi connectivity index (χ1v) is 6.88. The molecule has 0 aromatic carbocycles. The van der Waals surface area contributed by atoms with Crippen LogP contribution < -0.4 is 0 Å². The number of carbonyl (C=O) groups excluding carboxylic acids is 1. The number of hydrogen-bond donors (Lipinski definition) is 2. The van der Waals surface area contributed by atoms with Gasteiger partial charge in [-0.3, -0.25) is 0 Å². The molecule has 2 aliphatic carbocycles. The molecular formula is C15H20O4. The lowest BCUT2D eigenvalue weighted by Crippen LogP contribution is -2.60. The monoisotopic (exact) mass is 264 g/mol. The molecule has 2 N–H and O–H groups in total. The summed E-state index contributed by atoms with van der Waals surface area (Å²) in [5.74, 6) is 0.109. The summed E-state index contributed by atoms with van der Waals surface area (Å²) in [6.45, 7) is 5.64. The minimum absolute atomic E-state index is 0.176. The Bertz CT molecular complexity index is 518. The van der Waals surface area contributed by atoms with Crippen molar-refractivity contribution in [3.05, 3.63) is 23.0 Å². The molecule has 104 valence electrons. The van der Waals surface area contributed by atoms with E-state index in [4.69, 9.17) is 4.74 Å². The third kappa shape index (κ3) is 1.39. The molecular weight excluding hydrogens is 244 g/mol. The van der Waals surface area contributed by atoms with Gasteiger partial charge in [0.1, 0.15) is 5.76 Å². The second-order valence-electron chi connectivity index (χ2n) is 6.34. The lowest BCUT2D eigenvalue weighted by atomic mass is 9.53. The van der Waals surface area contributed by atoms with Crippen molar-refractivity contribution in [2.45, 2.75) is 51.7 Å². The Morgan fingerprint density at radius 2 is 2.16 bits per heavy atom. The third-order valence-electron chi connectivity index (χ3n) is 5.54. The lowest BCUT2D eigenvalue weighted by Gasteiger charge is -2.55. The fourth-order valence-electron chi connectivity index (χ4n) is 3.90. The molecule has 4 nitrogen and oxygen atoms in total. The molecule has 4 heteroatoms. The van der Waals surface area contributed by atoms with Crippen LogP contribution in [0, 0.1) is 11.3 Å². The van der Waals surface area contributed by atoms with Crippen molar-refractivity contribution in [3.63, 3.8) is 0 Å². The highest BCUT2D eigenvalue weighted by Gasteiger charge is 2.60. The van der Waals surface area contributed by atoms with Crippen LogP contribution in [-0.2, 0) is 9.53 Å². The van der Waals surface area contributed by atoms with Gasteiger partial charge in [-0.25, -0.2) is 4.79 Å². The number of fused-ring (bicyclic) bond motifs is 2. The van der Waals surface area contributed by atoms with Gasteiger partial charge in [0.15, 0.2) is 0 Å². The second kappa shape index (κ2) is 3.70. The maximum absolute atomic E-state index is 11.7. The average Bonchev–Trinajstić information content (AvgIpc) is 2.60. The van der Waals surface area contributed by atoms with Crippen LogP contribution in [0.4, 0.5) is 0 Å². The summed E-state index contributed by atoms with van der Waals surface area (Å²) < 4.78 is 5.17. The van der Waals surface area contributed by atoms with Crippen molar-refractivity contribution >= 4 is 5.97 Å². The van der Waals surface area contributed by atoms with E-state index in [2.05, 4.69) is 6.92 Å². The molecule has 3 aliphatic rings. The van der Waals surface area contributed by atoms with Crippen LogP contribution in [-0.4, -0.2) is 27.9 Å². The van der Waals surface area contributed by atoms with Crippen molar-refractivity contribution in [1.82, 2.24) is 0 Å². The Kier molecular flexibility index (Phi) is 2.51. The minimum Gasteiger partial charge on any atom is -0.423 e. The van der Waals surface area contributed by atoms with Crippen molar-refractivity contribution in [3.8, 4) is 0 Å². The summed E-state index contributed by atoms with van der Waals surface area (Å²) >= 11 is 0. The van der Waals surface area contributed by atoms with Gasteiger partial charge < -0.3 is 14.9 Å². The van der Waals surface area contributed by atoms with E-state index in [1.165, 1.54) is 0 Å². The first-order chi connectivity index (χ1) is 8.81. The molecule has 4 atom stereocenters. The van der Waals surface area contributed by atoms with Gasteiger partial charge in [-0.2, -0.15) is 0 Å². The van der Waals surface area contributed by atoms with Crippen molar-refractivity contribution in [1.29, 1.82) is 0 Å². The van der Waals surface area contributed by atoms with Gasteiger partial charge in [0.25, 0.3) is 0 Å².